The molecule has 3 rings (SSSR count). The van der Waals surface area contributed by atoms with Gasteiger partial charge in [-0.2, -0.15) is 26.3 Å². The van der Waals surface area contributed by atoms with E-state index in [2.05, 4.69) is 10.3 Å². The molecule has 0 spiro atoms. The Balaban J connectivity index is 2.12. The van der Waals surface area contributed by atoms with Crippen molar-refractivity contribution in [3.05, 3.63) is 40.6 Å². The summed E-state index contributed by atoms with van der Waals surface area (Å²) in [6.07, 6.45) is -9.33. The monoisotopic (exact) mass is 378 g/mol. The summed E-state index contributed by atoms with van der Waals surface area (Å²) >= 11 is 0. The van der Waals surface area contributed by atoms with Crippen LogP contribution in [0.4, 0.5) is 32.2 Å². The highest BCUT2D eigenvalue weighted by Crippen LogP contribution is 2.37. The molecule has 0 unspecified atom stereocenters. The number of nitrogens with zero attached hydrogens (tertiary/aromatic N) is 4. The van der Waals surface area contributed by atoms with Crippen molar-refractivity contribution in [3.63, 3.8) is 0 Å². The van der Waals surface area contributed by atoms with E-state index in [9.17, 15) is 31.1 Å². The van der Waals surface area contributed by atoms with Gasteiger partial charge in [0.15, 0.2) is 11.5 Å². The molecule has 26 heavy (non-hydrogen) atoms. The predicted molar refractivity (Wildman–Crippen MR) is 77.8 cm³/mol. The Morgan fingerprint density at radius 3 is 2.12 bits per heavy atom. The summed E-state index contributed by atoms with van der Waals surface area (Å²) in [7, 11) is 1.64. The fourth-order valence-electron chi connectivity index (χ4n) is 2.77. The zero-order valence-corrected chi connectivity index (χ0v) is 13.3. The summed E-state index contributed by atoms with van der Waals surface area (Å²) in [5, 5.41) is 7.42. The highest BCUT2D eigenvalue weighted by atomic mass is 19.4. The van der Waals surface area contributed by atoms with Crippen LogP contribution >= 0.6 is 0 Å². The van der Waals surface area contributed by atoms with Crippen LogP contribution in [0.5, 0.6) is 0 Å². The summed E-state index contributed by atoms with van der Waals surface area (Å²) in [6.45, 7) is 1.01. The van der Waals surface area contributed by atoms with Gasteiger partial charge in [0.25, 0.3) is 0 Å². The van der Waals surface area contributed by atoms with E-state index in [1.54, 1.807) is 11.9 Å². The summed E-state index contributed by atoms with van der Waals surface area (Å²) in [5.41, 5.74) is -4.12. The van der Waals surface area contributed by atoms with E-state index in [0.29, 0.717) is 25.2 Å². The first kappa shape index (κ1) is 18.2. The molecule has 0 atom stereocenters. The van der Waals surface area contributed by atoms with Gasteiger partial charge in [0.1, 0.15) is 0 Å². The number of hydrogen-bond donors (Lipinski definition) is 0. The Morgan fingerprint density at radius 2 is 1.58 bits per heavy atom. The minimum atomic E-state index is -5.03. The molecule has 1 aliphatic rings. The number of fused-ring (bicyclic) bond motifs is 1. The van der Waals surface area contributed by atoms with Gasteiger partial charge < -0.3 is 4.90 Å². The molecule has 0 N–H and O–H groups in total. The SMILES string of the molecule is CN1CCCn2nnc(C(=O)c3cc(C(F)(F)F)cc(C(F)(F)F)c3)c21. The van der Waals surface area contributed by atoms with Gasteiger partial charge in [-0.1, -0.05) is 5.21 Å². The van der Waals surface area contributed by atoms with E-state index >= 15 is 0 Å². The van der Waals surface area contributed by atoms with E-state index in [-0.39, 0.29) is 17.6 Å². The molecular weight excluding hydrogens is 366 g/mol. The van der Waals surface area contributed by atoms with Crippen LogP contribution in [0, 0.1) is 0 Å². The Morgan fingerprint density at radius 1 is 1.00 bits per heavy atom. The molecule has 2 heterocycles. The van der Waals surface area contributed by atoms with Crippen LogP contribution in [0.2, 0.25) is 0 Å². The molecule has 0 saturated heterocycles. The molecule has 140 valence electrons. The molecule has 1 aromatic carbocycles. The minimum absolute atomic E-state index is 0.0240. The number of benzene rings is 1. The average molecular weight is 378 g/mol. The van der Waals surface area contributed by atoms with Gasteiger partial charge in [-0.25, -0.2) is 4.68 Å². The van der Waals surface area contributed by atoms with E-state index < -0.39 is 34.8 Å². The van der Waals surface area contributed by atoms with Crippen LogP contribution in [-0.4, -0.2) is 34.4 Å². The van der Waals surface area contributed by atoms with Crippen LogP contribution in [-0.2, 0) is 18.9 Å². The first-order chi connectivity index (χ1) is 12.0. The lowest BCUT2D eigenvalue weighted by atomic mass is 10.00. The highest BCUT2D eigenvalue weighted by molar-refractivity contribution is 6.10. The maximum absolute atomic E-state index is 13.0. The zero-order chi connectivity index (χ0) is 19.3. The van der Waals surface area contributed by atoms with Crippen LogP contribution in [0.3, 0.4) is 0 Å². The van der Waals surface area contributed by atoms with Crippen LogP contribution < -0.4 is 4.90 Å². The molecule has 0 saturated carbocycles. The molecular formula is C15H12F6N4O. The molecule has 0 amide bonds. The number of ketones is 1. The second-order valence-corrected chi connectivity index (χ2v) is 5.88. The van der Waals surface area contributed by atoms with Crippen molar-refractivity contribution in [2.45, 2.75) is 25.3 Å². The maximum atomic E-state index is 13.0. The summed E-state index contributed by atoms with van der Waals surface area (Å²) in [4.78, 5) is 14.2. The van der Waals surface area contributed by atoms with Gasteiger partial charge in [-0.05, 0) is 24.6 Å². The minimum Gasteiger partial charge on any atom is -0.358 e. The van der Waals surface area contributed by atoms with E-state index in [4.69, 9.17) is 0 Å². The number of rotatable bonds is 2. The fraction of sp³-hybridized carbons (Fsp3) is 0.400. The molecule has 0 radical (unpaired) electrons. The third-order valence-corrected chi connectivity index (χ3v) is 4.00. The second-order valence-electron chi connectivity index (χ2n) is 5.88. The van der Waals surface area contributed by atoms with Crippen molar-refractivity contribution in [3.8, 4) is 0 Å². The van der Waals surface area contributed by atoms with Gasteiger partial charge in [-0.3, -0.25) is 4.79 Å². The molecule has 1 aliphatic heterocycles. The third-order valence-electron chi connectivity index (χ3n) is 4.00. The van der Waals surface area contributed by atoms with Crippen LogP contribution in [0.25, 0.3) is 0 Å². The fourth-order valence-corrected chi connectivity index (χ4v) is 2.77. The summed E-state index contributed by atoms with van der Waals surface area (Å²) in [6, 6.07) is 0.766. The third kappa shape index (κ3) is 3.25. The summed E-state index contributed by atoms with van der Waals surface area (Å²) in [5.74, 6) is -0.774. The maximum Gasteiger partial charge on any atom is 0.416 e. The van der Waals surface area contributed by atoms with Crippen LogP contribution in [0.1, 0.15) is 33.6 Å². The van der Waals surface area contributed by atoms with Crippen molar-refractivity contribution >= 4 is 11.6 Å². The smallest absolute Gasteiger partial charge is 0.358 e. The number of alkyl halides is 6. The molecule has 5 nitrogen and oxygen atoms in total. The highest BCUT2D eigenvalue weighted by Gasteiger charge is 2.38. The average Bonchev–Trinajstić information content (AvgIpc) is 2.97. The Bertz CT molecular complexity index is 823. The number of carbonyl (C=O) groups excluding carboxylic acids is 1. The Hall–Kier alpha value is -2.59. The van der Waals surface area contributed by atoms with E-state index in [1.807, 2.05) is 0 Å². The lowest BCUT2D eigenvalue weighted by Crippen LogP contribution is -2.29. The molecule has 1 aromatic heterocycles. The number of anilines is 1. The standard InChI is InChI=1S/C15H12F6N4O/c1-24-3-2-4-25-13(24)11(22-23-25)12(26)8-5-9(14(16,17)18)7-10(6-8)15(19,20)21/h5-7H,2-4H2,1H3. The lowest BCUT2D eigenvalue weighted by molar-refractivity contribution is -0.143. The number of aryl methyl sites for hydroxylation is 1. The molecule has 0 aliphatic carbocycles. The molecule has 0 fully saturated rings. The Kier molecular flexibility index (Phi) is 4.20. The van der Waals surface area contributed by atoms with Gasteiger partial charge in [0.05, 0.1) is 11.1 Å². The number of aromatic nitrogens is 3. The van der Waals surface area contributed by atoms with Gasteiger partial charge in [0.2, 0.25) is 5.78 Å². The predicted octanol–water partition coefficient (Wildman–Crippen LogP) is 3.39. The summed E-state index contributed by atoms with van der Waals surface area (Å²) < 4.78 is 79.1. The lowest BCUT2D eigenvalue weighted by Gasteiger charge is -2.25. The number of carbonyl (C=O) groups is 1. The topological polar surface area (TPSA) is 51.0 Å². The number of hydrogen-bond acceptors (Lipinski definition) is 4. The van der Waals surface area contributed by atoms with Crippen molar-refractivity contribution in [1.82, 2.24) is 15.0 Å². The quantitative estimate of drug-likeness (QED) is 0.594. The molecule has 2 aromatic rings. The van der Waals surface area contributed by atoms with Gasteiger partial charge >= 0.3 is 12.4 Å². The first-order valence-corrected chi connectivity index (χ1v) is 7.47. The van der Waals surface area contributed by atoms with Crippen molar-refractivity contribution in [2.24, 2.45) is 0 Å². The van der Waals surface area contributed by atoms with E-state index in [1.165, 1.54) is 4.68 Å². The van der Waals surface area contributed by atoms with Crippen LogP contribution in [0.15, 0.2) is 18.2 Å². The van der Waals surface area contributed by atoms with E-state index in [0.717, 1.165) is 6.42 Å². The van der Waals surface area contributed by atoms with Crippen molar-refractivity contribution in [1.29, 1.82) is 0 Å². The van der Waals surface area contributed by atoms with Gasteiger partial charge in [-0.15, -0.1) is 5.10 Å². The normalized spacial score (nSPS) is 15.1. The molecule has 11 heteroatoms. The zero-order valence-electron chi connectivity index (χ0n) is 13.3. The van der Waals surface area contributed by atoms with Crippen molar-refractivity contribution < 1.29 is 31.1 Å². The molecule has 0 bridgehead atoms. The number of halogens is 6. The van der Waals surface area contributed by atoms with Gasteiger partial charge in [0, 0.05) is 25.7 Å². The van der Waals surface area contributed by atoms with Crippen molar-refractivity contribution in [2.75, 3.05) is 18.5 Å². The second kappa shape index (κ2) is 5.99. The largest absolute Gasteiger partial charge is 0.416 e. The first-order valence-electron chi connectivity index (χ1n) is 7.47. The Labute approximate surface area is 143 Å².